The van der Waals surface area contributed by atoms with E-state index >= 15 is 0 Å². The molecule has 1 heterocycles. The normalized spacial score (nSPS) is 10.6. The van der Waals surface area contributed by atoms with Crippen molar-refractivity contribution in [3.05, 3.63) is 83.4 Å². The first-order valence-corrected chi connectivity index (χ1v) is 9.11. The fraction of sp³-hybridized carbons (Fsp3) is 0.273. The number of benzene rings is 2. The molecule has 3 aromatic rings. The summed E-state index contributed by atoms with van der Waals surface area (Å²) in [6, 6.07) is 14.2. The van der Waals surface area contributed by atoms with Gasteiger partial charge in [-0.1, -0.05) is 36.4 Å². The lowest BCUT2D eigenvalue weighted by atomic mass is 10.1. The Hall–Kier alpha value is -3.08. The molecule has 0 saturated heterocycles. The Labute approximate surface area is 160 Å². The molecule has 140 valence electrons. The molecule has 5 nitrogen and oxygen atoms in total. The zero-order valence-corrected chi connectivity index (χ0v) is 15.8. The average Bonchev–Trinajstić information content (AvgIpc) is 3.18. The fourth-order valence-electron chi connectivity index (χ4n) is 2.78. The minimum absolute atomic E-state index is 0.0113. The molecule has 0 saturated carbocycles. The van der Waals surface area contributed by atoms with Crippen LogP contribution in [-0.4, -0.2) is 22.1 Å². The highest BCUT2D eigenvalue weighted by Crippen LogP contribution is 2.20. The number of carbonyl (C=O) groups is 1. The smallest absolute Gasteiger partial charge is 0.223 e. The molecule has 1 amide bonds. The molecule has 0 aliphatic heterocycles. The summed E-state index contributed by atoms with van der Waals surface area (Å²) >= 11 is 0. The lowest BCUT2D eigenvalue weighted by molar-refractivity contribution is -0.121. The van der Waals surface area contributed by atoms with Crippen LogP contribution in [0.1, 0.15) is 28.7 Å². The van der Waals surface area contributed by atoms with Gasteiger partial charge in [-0.3, -0.25) is 4.79 Å². The van der Waals surface area contributed by atoms with Gasteiger partial charge in [0.1, 0.15) is 5.75 Å². The zero-order valence-electron chi connectivity index (χ0n) is 15.8. The highest BCUT2D eigenvalue weighted by atomic mass is 16.5. The average molecular weight is 363 g/mol. The molecule has 0 aliphatic rings. The van der Waals surface area contributed by atoms with Crippen molar-refractivity contribution < 1.29 is 9.53 Å². The summed E-state index contributed by atoms with van der Waals surface area (Å²) < 4.78 is 7.76. The number of aromatic nitrogens is 2. The Morgan fingerprint density at radius 1 is 1.11 bits per heavy atom. The summed E-state index contributed by atoms with van der Waals surface area (Å²) in [6.07, 6.45) is 5.85. The molecule has 0 bridgehead atoms. The van der Waals surface area contributed by atoms with Gasteiger partial charge in [0.25, 0.3) is 0 Å². The molecule has 1 N–H and O–H groups in total. The summed E-state index contributed by atoms with van der Waals surface area (Å²) in [4.78, 5) is 16.1. The second-order valence-electron chi connectivity index (χ2n) is 6.62. The summed E-state index contributed by atoms with van der Waals surface area (Å²) in [5, 5.41) is 2.94. The third-order valence-electron chi connectivity index (χ3n) is 4.58. The first-order chi connectivity index (χ1) is 13.1. The van der Waals surface area contributed by atoms with Crippen LogP contribution in [0.3, 0.4) is 0 Å². The van der Waals surface area contributed by atoms with Gasteiger partial charge >= 0.3 is 0 Å². The van der Waals surface area contributed by atoms with Crippen molar-refractivity contribution in [3.8, 4) is 5.75 Å². The quantitative estimate of drug-likeness (QED) is 0.665. The minimum atomic E-state index is -0.0113. The van der Waals surface area contributed by atoms with Crippen molar-refractivity contribution in [1.29, 1.82) is 0 Å². The Balaban J connectivity index is 1.40. The molecule has 1 aromatic heterocycles. The van der Waals surface area contributed by atoms with E-state index in [1.54, 1.807) is 12.5 Å². The van der Waals surface area contributed by atoms with E-state index in [9.17, 15) is 4.79 Å². The predicted molar refractivity (Wildman–Crippen MR) is 106 cm³/mol. The van der Waals surface area contributed by atoms with Crippen molar-refractivity contribution in [2.75, 3.05) is 6.61 Å². The highest BCUT2D eigenvalue weighted by molar-refractivity contribution is 5.76. The van der Waals surface area contributed by atoms with Crippen molar-refractivity contribution >= 4 is 5.91 Å². The summed E-state index contributed by atoms with van der Waals surface area (Å²) in [5.74, 6) is 0.832. The molecule has 0 fully saturated rings. The maximum Gasteiger partial charge on any atom is 0.223 e. The molecule has 0 aliphatic carbocycles. The standard InChI is InChI=1S/C22H25N3O2/c1-17-4-3-5-21(18(17)2)27-13-10-22(26)24-14-19-6-8-20(9-7-19)15-25-12-11-23-16-25/h3-9,11-12,16H,10,13-15H2,1-2H3,(H,24,26). The Kier molecular flexibility index (Phi) is 6.26. The van der Waals surface area contributed by atoms with Crippen LogP contribution in [0.15, 0.2) is 61.2 Å². The van der Waals surface area contributed by atoms with E-state index in [1.807, 2.05) is 42.0 Å². The molecule has 0 spiro atoms. The second-order valence-corrected chi connectivity index (χ2v) is 6.62. The molecule has 0 unspecified atom stereocenters. The molecule has 27 heavy (non-hydrogen) atoms. The van der Waals surface area contributed by atoms with Gasteiger partial charge in [-0.05, 0) is 42.2 Å². The van der Waals surface area contributed by atoms with E-state index in [0.29, 0.717) is 19.6 Å². The summed E-state index contributed by atoms with van der Waals surface area (Å²) in [7, 11) is 0. The van der Waals surface area contributed by atoms with Crippen molar-refractivity contribution in [1.82, 2.24) is 14.9 Å². The molecule has 0 radical (unpaired) electrons. The van der Waals surface area contributed by atoms with Gasteiger partial charge in [-0.2, -0.15) is 0 Å². The minimum Gasteiger partial charge on any atom is -0.493 e. The predicted octanol–water partition coefficient (Wildman–Crippen LogP) is 3.63. The molecule has 5 heteroatoms. The fourth-order valence-corrected chi connectivity index (χ4v) is 2.78. The number of hydrogen-bond acceptors (Lipinski definition) is 3. The van der Waals surface area contributed by atoms with Crippen LogP contribution < -0.4 is 10.1 Å². The van der Waals surface area contributed by atoms with Crippen molar-refractivity contribution in [2.45, 2.75) is 33.4 Å². The number of amides is 1. The van der Waals surface area contributed by atoms with Crippen molar-refractivity contribution in [3.63, 3.8) is 0 Å². The van der Waals surface area contributed by atoms with Crippen LogP contribution in [0.2, 0.25) is 0 Å². The zero-order chi connectivity index (χ0) is 19.1. The maximum absolute atomic E-state index is 12.0. The number of aryl methyl sites for hydroxylation is 1. The topological polar surface area (TPSA) is 56.1 Å². The van der Waals surface area contributed by atoms with Gasteiger partial charge in [0.15, 0.2) is 0 Å². The largest absolute Gasteiger partial charge is 0.493 e. The number of imidazole rings is 1. The van der Waals surface area contributed by atoms with Crippen LogP contribution in [0.25, 0.3) is 0 Å². The van der Waals surface area contributed by atoms with Gasteiger partial charge in [0, 0.05) is 25.5 Å². The second kappa shape index (κ2) is 9.03. The summed E-state index contributed by atoms with van der Waals surface area (Å²) in [6.45, 7) is 5.77. The van der Waals surface area contributed by atoms with Crippen LogP contribution in [-0.2, 0) is 17.9 Å². The Morgan fingerprint density at radius 3 is 2.63 bits per heavy atom. The number of ether oxygens (including phenoxy) is 1. The maximum atomic E-state index is 12.0. The van der Waals surface area contributed by atoms with Gasteiger partial charge in [0.05, 0.1) is 19.4 Å². The number of nitrogens with one attached hydrogen (secondary N) is 1. The first kappa shape index (κ1) is 18.7. The van der Waals surface area contributed by atoms with E-state index in [2.05, 4.69) is 35.4 Å². The number of nitrogens with zero attached hydrogens (tertiary/aromatic N) is 2. The number of hydrogen-bond donors (Lipinski definition) is 1. The van der Waals surface area contributed by atoms with Gasteiger partial charge < -0.3 is 14.6 Å². The molecule has 2 aromatic carbocycles. The lowest BCUT2D eigenvalue weighted by Gasteiger charge is -2.11. The lowest BCUT2D eigenvalue weighted by Crippen LogP contribution is -2.24. The van der Waals surface area contributed by atoms with Gasteiger partial charge in [0.2, 0.25) is 5.91 Å². The first-order valence-electron chi connectivity index (χ1n) is 9.11. The molecule has 3 rings (SSSR count). The third-order valence-corrected chi connectivity index (χ3v) is 4.58. The Bertz CT molecular complexity index is 871. The summed E-state index contributed by atoms with van der Waals surface area (Å²) in [5.41, 5.74) is 4.58. The van der Waals surface area contributed by atoms with Crippen LogP contribution in [0.4, 0.5) is 0 Å². The van der Waals surface area contributed by atoms with Crippen molar-refractivity contribution in [2.24, 2.45) is 0 Å². The van der Waals surface area contributed by atoms with Crippen LogP contribution >= 0.6 is 0 Å². The van der Waals surface area contributed by atoms with Crippen LogP contribution in [0, 0.1) is 13.8 Å². The molecule has 0 atom stereocenters. The van der Waals surface area contributed by atoms with E-state index in [4.69, 9.17) is 4.74 Å². The SMILES string of the molecule is Cc1cccc(OCCC(=O)NCc2ccc(Cn3ccnc3)cc2)c1C. The Morgan fingerprint density at radius 2 is 1.89 bits per heavy atom. The van der Waals surface area contributed by atoms with Crippen LogP contribution in [0.5, 0.6) is 5.75 Å². The number of carbonyl (C=O) groups excluding carboxylic acids is 1. The third kappa shape index (κ3) is 5.45. The van der Waals surface area contributed by atoms with E-state index in [0.717, 1.165) is 23.4 Å². The van der Waals surface area contributed by atoms with E-state index in [1.165, 1.54) is 11.1 Å². The van der Waals surface area contributed by atoms with E-state index < -0.39 is 0 Å². The molecular formula is C22H25N3O2. The van der Waals surface area contributed by atoms with Gasteiger partial charge in [-0.25, -0.2) is 4.98 Å². The number of rotatable bonds is 8. The van der Waals surface area contributed by atoms with Gasteiger partial charge in [-0.15, -0.1) is 0 Å². The monoisotopic (exact) mass is 363 g/mol. The molecular weight excluding hydrogens is 338 g/mol. The van der Waals surface area contributed by atoms with E-state index in [-0.39, 0.29) is 5.91 Å². The highest BCUT2D eigenvalue weighted by Gasteiger charge is 2.05.